The highest BCUT2D eigenvalue weighted by atomic mass is 16.5. The minimum atomic E-state index is 0.0124. The number of benzene rings is 1. The summed E-state index contributed by atoms with van der Waals surface area (Å²) in [6.45, 7) is 7.72. The fourth-order valence-corrected chi connectivity index (χ4v) is 3.01. The molecular formula is C16H23N3O2. The van der Waals surface area contributed by atoms with Crippen LogP contribution < -0.4 is 5.32 Å². The third kappa shape index (κ3) is 3.43. The van der Waals surface area contributed by atoms with Crippen LogP contribution >= 0.6 is 0 Å². The molecule has 5 nitrogen and oxygen atoms in total. The molecule has 0 saturated carbocycles. The van der Waals surface area contributed by atoms with E-state index in [1.54, 1.807) is 0 Å². The van der Waals surface area contributed by atoms with Gasteiger partial charge in [0.1, 0.15) is 6.17 Å². The third-order valence-electron chi connectivity index (χ3n) is 4.20. The Hall–Kier alpha value is -1.43. The second-order valence-electron chi connectivity index (χ2n) is 5.74. The van der Waals surface area contributed by atoms with E-state index in [2.05, 4.69) is 41.4 Å². The van der Waals surface area contributed by atoms with Gasteiger partial charge in [0.25, 0.3) is 0 Å². The molecule has 2 aliphatic rings. The molecule has 0 spiro atoms. The van der Waals surface area contributed by atoms with Crippen molar-refractivity contribution in [2.24, 2.45) is 0 Å². The van der Waals surface area contributed by atoms with E-state index in [1.165, 1.54) is 11.1 Å². The van der Waals surface area contributed by atoms with Gasteiger partial charge in [-0.25, -0.2) is 0 Å². The number of nitrogens with zero attached hydrogens (tertiary/aromatic N) is 2. The van der Waals surface area contributed by atoms with E-state index < -0.39 is 0 Å². The lowest BCUT2D eigenvalue weighted by Gasteiger charge is -2.30. The highest BCUT2D eigenvalue weighted by Crippen LogP contribution is 2.23. The number of aryl methyl sites for hydroxylation is 1. The highest BCUT2D eigenvalue weighted by molar-refractivity contribution is 5.81. The molecule has 2 saturated heterocycles. The molecule has 114 valence electrons. The minimum absolute atomic E-state index is 0.0124. The number of carbonyl (C=O) groups excluding carboxylic acids is 1. The Labute approximate surface area is 125 Å². The smallest absolute Gasteiger partial charge is 0.238 e. The normalized spacial score (nSPS) is 23.8. The number of hydrogen-bond acceptors (Lipinski definition) is 4. The maximum atomic E-state index is 12.1. The quantitative estimate of drug-likeness (QED) is 0.889. The van der Waals surface area contributed by atoms with Gasteiger partial charge in [-0.2, -0.15) is 0 Å². The van der Waals surface area contributed by atoms with Crippen molar-refractivity contribution in [3.8, 4) is 0 Å². The summed E-state index contributed by atoms with van der Waals surface area (Å²) >= 11 is 0. The summed E-state index contributed by atoms with van der Waals surface area (Å²) < 4.78 is 5.36. The van der Waals surface area contributed by atoms with Crippen molar-refractivity contribution in [3.05, 3.63) is 35.4 Å². The van der Waals surface area contributed by atoms with E-state index >= 15 is 0 Å². The number of amides is 1. The van der Waals surface area contributed by atoms with Gasteiger partial charge in [-0.1, -0.05) is 29.8 Å². The van der Waals surface area contributed by atoms with Gasteiger partial charge in [-0.05, 0) is 12.5 Å². The van der Waals surface area contributed by atoms with E-state index in [0.29, 0.717) is 6.54 Å². The van der Waals surface area contributed by atoms with Crippen LogP contribution in [0.1, 0.15) is 17.3 Å². The van der Waals surface area contributed by atoms with Crippen molar-refractivity contribution >= 4 is 5.91 Å². The average molecular weight is 289 g/mol. The zero-order valence-corrected chi connectivity index (χ0v) is 12.5. The molecule has 2 aliphatic heterocycles. The molecule has 1 unspecified atom stereocenters. The Morgan fingerprint density at radius 2 is 2.10 bits per heavy atom. The SMILES string of the molecule is Cc1cccc(C2NCC(=O)N2CCN2CCOCC2)c1. The molecule has 0 bridgehead atoms. The standard InChI is InChI=1S/C16H23N3O2/c1-13-3-2-4-14(11-13)16-17-12-15(20)19(16)6-5-18-7-9-21-10-8-18/h2-4,11,16-17H,5-10,12H2,1H3. The summed E-state index contributed by atoms with van der Waals surface area (Å²) in [5.41, 5.74) is 2.39. The lowest BCUT2D eigenvalue weighted by molar-refractivity contribution is -0.128. The molecule has 3 rings (SSSR count). The van der Waals surface area contributed by atoms with Crippen molar-refractivity contribution in [1.82, 2.24) is 15.1 Å². The fourth-order valence-electron chi connectivity index (χ4n) is 3.01. The Kier molecular flexibility index (Phi) is 4.53. The lowest BCUT2D eigenvalue weighted by atomic mass is 10.1. The highest BCUT2D eigenvalue weighted by Gasteiger charge is 2.31. The van der Waals surface area contributed by atoms with Crippen LogP contribution in [0.25, 0.3) is 0 Å². The van der Waals surface area contributed by atoms with Crippen LogP contribution in [-0.2, 0) is 9.53 Å². The molecule has 5 heteroatoms. The zero-order chi connectivity index (χ0) is 14.7. The second-order valence-corrected chi connectivity index (χ2v) is 5.74. The molecule has 1 N–H and O–H groups in total. The minimum Gasteiger partial charge on any atom is -0.379 e. The number of carbonyl (C=O) groups is 1. The van der Waals surface area contributed by atoms with Crippen LogP contribution in [0.15, 0.2) is 24.3 Å². The molecule has 0 radical (unpaired) electrons. The molecular weight excluding hydrogens is 266 g/mol. The van der Waals surface area contributed by atoms with Crippen molar-refractivity contribution in [1.29, 1.82) is 0 Å². The topological polar surface area (TPSA) is 44.8 Å². The van der Waals surface area contributed by atoms with Gasteiger partial charge in [-0.15, -0.1) is 0 Å². The Morgan fingerprint density at radius 3 is 2.86 bits per heavy atom. The Morgan fingerprint density at radius 1 is 1.29 bits per heavy atom. The summed E-state index contributed by atoms with van der Waals surface area (Å²) in [4.78, 5) is 16.5. The van der Waals surface area contributed by atoms with Gasteiger partial charge in [-0.3, -0.25) is 15.0 Å². The molecule has 0 aromatic heterocycles. The molecule has 21 heavy (non-hydrogen) atoms. The molecule has 2 heterocycles. The summed E-state index contributed by atoms with van der Waals surface area (Å²) in [6.07, 6.45) is 0.0124. The van der Waals surface area contributed by atoms with Crippen LogP contribution in [0.5, 0.6) is 0 Å². The van der Waals surface area contributed by atoms with Crippen LogP contribution in [0.4, 0.5) is 0 Å². The molecule has 0 aliphatic carbocycles. The summed E-state index contributed by atoms with van der Waals surface area (Å²) in [6, 6.07) is 8.37. The van der Waals surface area contributed by atoms with Crippen molar-refractivity contribution in [2.75, 3.05) is 45.9 Å². The largest absolute Gasteiger partial charge is 0.379 e. The Bertz CT molecular complexity index is 500. The van der Waals surface area contributed by atoms with Crippen LogP contribution in [0.2, 0.25) is 0 Å². The van der Waals surface area contributed by atoms with Crippen LogP contribution in [0, 0.1) is 6.92 Å². The van der Waals surface area contributed by atoms with E-state index in [-0.39, 0.29) is 12.1 Å². The van der Waals surface area contributed by atoms with Crippen LogP contribution in [-0.4, -0.2) is 61.6 Å². The first-order valence-corrected chi connectivity index (χ1v) is 7.63. The zero-order valence-electron chi connectivity index (χ0n) is 12.5. The van der Waals surface area contributed by atoms with E-state index in [9.17, 15) is 4.79 Å². The number of rotatable bonds is 4. The van der Waals surface area contributed by atoms with Gasteiger partial charge >= 0.3 is 0 Å². The summed E-state index contributed by atoms with van der Waals surface area (Å²) in [7, 11) is 0. The average Bonchev–Trinajstić information content (AvgIpc) is 2.87. The predicted octanol–water partition coefficient (Wildman–Crippen LogP) is 0.758. The van der Waals surface area contributed by atoms with E-state index in [4.69, 9.17) is 4.74 Å². The monoisotopic (exact) mass is 289 g/mol. The number of ether oxygens (including phenoxy) is 1. The van der Waals surface area contributed by atoms with Gasteiger partial charge in [0, 0.05) is 26.2 Å². The Balaban J connectivity index is 1.65. The molecule has 2 fully saturated rings. The summed E-state index contributed by atoms with van der Waals surface area (Å²) in [5, 5.41) is 3.32. The first kappa shape index (κ1) is 14.5. The third-order valence-corrected chi connectivity index (χ3v) is 4.20. The predicted molar refractivity (Wildman–Crippen MR) is 80.9 cm³/mol. The van der Waals surface area contributed by atoms with E-state index in [0.717, 1.165) is 39.4 Å². The molecule has 1 aromatic carbocycles. The van der Waals surface area contributed by atoms with Gasteiger partial charge in [0.05, 0.1) is 19.8 Å². The molecule has 1 aromatic rings. The molecule has 1 amide bonds. The van der Waals surface area contributed by atoms with Gasteiger partial charge in [0.2, 0.25) is 5.91 Å². The first-order chi connectivity index (χ1) is 10.2. The molecule has 1 atom stereocenters. The maximum Gasteiger partial charge on any atom is 0.238 e. The number of nitrogens with one attached hydrogen (secondary N) is 1. The first-order valence-electron chi connectivity index (χ1n) is 7.63. The second kappa shape index (κ2) is 6.56. The number of hydrogen-bond donors (Lipinski definition) is 1. The van der Waals surface area contributed by atoms with Crippen molar-refractivity contribution < 1.29 is 9.53 Å². The van der Waals surface area contributed by atoms with Gasteiger partial charge < -0.3 is 9.64 Å². The van der Waals surface area contributed by atoms with Gasteiger partial charge in [0.15, 0.2) is 0 Å². The summed E-state index contributed by atoms with van der Waals surface area (Å²) in [5.74, 6) is 0.190. The maximum absolute atomic E-state index is 12.1. The number of morpholine rings is 1. The van der Waals surface area contributed by atoms with Crippen molar-refractivity contribution in [2.45, 2.75) is 13.1 Å². The van der Waals surface area contributed by atoms with Crippen molar-refractivity contribution in [3.63, 3.8) is 0 Å². The van der Waals surface area contributed by atoms with E-state index in [1.807, 2.05) is 4.90 Å². The lowest BCUT2D eigenvalue weighted by Crippen LogP contribution is -2.42. The fraction of sp³-hybridized carbons (Fsp3) is 0.562. The van der Waals surface area contributed by atoms with Crippen LogP contribution in [0.3, 0.4) is 0 Å².